The summed E-state index contributed by atoms with van der Waals surface area (Å²) < 4.78 is 2.31. The number of hydrogen-bond donors (Lipinski definition) is 0. The third-order valence-electron chi connectivity index (χ3n) is 2.88. The number of hydrogen-bond acceptors (Lipinski definition) is 0. The maximum Gasteiger partial charge on any atom is 0.0486 e. The van der Waals surface area contributed by atoms with Crippen LogP contribution in [0.4, 0.5) is 0 Å². The zero-order chi connectivity index (χ0) is 11.0. The Morgan fingerprint density at radius 3 is 2.00 bits per heavy atom. The lowest BCUT2D eigenvalue weighted by Crippen LogP contribution is -2.01. The van der Waals surface area contributed by atoms with Gasteiger partial charge in [-0.05, 0) is 57.0 Å². The van der Waals surface area contributed by atoms with Crippen molar-refractivity contribution in [1.82, 2.24) is 4.57 Å². The van der Waals surface area contributed by atoms with Crippen LogP contribution in [0.5, 0.6) is 0 Å². The second-order valence-corrected chi connectivity index (χ2v) is 4.24. The fourth-order valence-corrected chi connectivity index (χ4v) is 2.01. The van der Waals surface area contributed by atoms with Gasteiger partial charge in [0.25, 0.3) is 0 Å². The monoisotopic (exact) mass is 199 g/mol. The Balaban J connectivity index is 2.68. The summed E-state index contributed by atoms with van der Waals surface area (Å²) in [6.07, 6.45) is 0. The molecule has 0 bridgehead atoms. The summed E-state index contributed by atoms with van der Waals surface area (Å²) in [6.45, 7) is 8.59. The van der Waals surface area contributed by atoms with E-state index in [1.54, 1.807) is 0 Å². The number of aromatic nitrogens is 1. The van der Waals surface area contributed by atoms with Crippen LogP contribution in [0.3, 0.4) is 0 Å². The summed E-state index contributed by atoms with van der Waals surface area (Å²) in [7, 11) is 0. The van der Waals surface area contributed by atoms with Crippen LogP contribution < -0.4 is 0 Å². The summed E-state index contributed by atoms with van der Waals surface area (Å²) in [5.41, 5.74) is 6.52. The van der Waals surface area contributed by atoms with Crippen LogP contribution in [-0.4, -0.2) is 4.57 Å². The predicted molar refractivity (Wildman–Crippen MR) is 64.7 cm³/mol. The third kappa shape index (κ3) is 1.70. The highest BCUT2D eigenvalue weighted by Crippen LogP contribution is 2.20. The molecule has 0 saturated heterocycles. The molecular weight excluding hydrogens is 182 g/mol. The molecule has 0 atom stereocenters. The van der Waals surface area contributed by atoms with Crippen molar-refractivity contribution in [2.75, 3.05) is 0 Å². The molecule has 0 aliphatic carbocycles. The van der Waals surface area contributed by atoms with Gasteiger partial charge in [-0.25, -0.2) is 0 Å². The van der Waals surface area contributed by atoms with Gasteiger partial charge in [0.1, 0.15) is 0 Å². The highest BCUT2D eigenvalue weighted by Gasteiger charge is 2.06. The first kappa shape index (κ1) is 10.0. The molecule has 0 saturated carbocycles. The van der Waals surface area contributed by atoms with Crippen LogP contribution in [0.2, 0.25) is 0 Å². The lowest BCUT2D eigenvalue weighted by atomic mass is 10.1. The fourth-order valence-electron chi connectivity index (χ4n) is 2.01. The average molecular weight is 199 g/mol. The lowest BCUT2D eigenvalue weighted by molar-refractivity contribution is 0.953. The highest BCUT2D eigenvalue weighted by atomic mass is 15.0. The summed E-state index contributed by atoms with van der Waals surface area (Å²) in [5, 5.41) is 0. The smallest absolute Gasteiger partial charge is 0.0486 e. The van der Waals surface area contributed by atoms with Gasteiger partial charge in [0, 0.05) is 17.1 Å². The molecule has 1 aromatic carbocycles. The Bertz CT molecular complexity index is 473. The van der Waals surface area contributed by atoms with E-state index in [-0.39, 0.29) is 0 Å². The van der Waals surface area contributed by atoms with Crippen molar-refractivity contribution in [3.05, 3.63) is 52.8 Å². The highest BCUT2D eigenvalue weighted by molar-refractivity contribution is 5.46. The van der Waals surface area contributed by atoms with Gasteiger partial charge < -0.3 is 4.57 Å². The Morgan fingerprint density at radius 2 is 1.40 bits per heavy atom. The zero-order valence-electron chi connectivity index (χ0n) is 9.83. The number of nitrogens with zero attached hydrogens (tertiary/aromatic N) is 1. The summed E-state index contributed by atoms with van der Waals surface area (Å²) in [5.74, 6) is 0. The first-order chi connectivity index (χ1) is 7.09. The molecule has 2 rings (SSSR count). The molecule has 0 N–H and O–H groups in total. The van der Waals surface area contributed by atoms with Crippen molar-refractivity contribution in [2.45, 2.75) is 27.7 Å². The number of aryl methyl sites for hydroxylation is 4. The van der Waals surface area contributed by atoms with E-state index in [1.165, 1.54) is 28.2 Å². The quantitative estimate of drug-likeness (QED) is 0.659. The maximum atomic E-state index is 2.31. The molecule has 0 aliphatic heterocycles. The standard InChI is InChI=1S/C14H17N/c1-10-5-6-11(2)14(9-10)15-12(3)7-8-13(15)4/h5-9H,1-4H3. The van der Waals surface area contributed by atoms with Crippen molar-refractivity contribution in [1.29, 1.82) is 0 Å². The van der Waals surface area contributed by atoms with Crippen LogP contribution in [0.1, 0.15) is 22.5 Å². The molecule has 0 radical (unpaired) electrons. The maximum absolute atomic E-state index is 2.31. The predicted octanol–water partition coefficient (Wildman–Crippen LogP) is 3.71. The van der Waals surface area contributed by atoms with Crippen LogP contribution in [0.15, 0.2) is 30.3 Å². The SMILES string of the molecule is Cc1ccc(C)c(-n2c(C)ccc2C)c1. The van der Waals surface area contributed by atoms with Crippen LogP contribution in [-0.2, 0) is 0 Å². The molecule has 1 heterocycles. The topological polar surface area (TPSA) is 4.93 Å². The van der Waals surface area contributed by atoms with Gasteiger partial charge in [0.05, 0.1) is 0 Å². The minimum Gasteiger partial charge on any atom is -0.318 e. The molecule has 0 fully saturated rings. The summed E-state index contributed by atoms with van der Waals surface area (Å²) in [4.78, 5) is 0. The number of benzene rings is 1. The molecule has 0 unspecified atom stereocenters. The second-order valence-electron chi connectivity index (χ2n) is 4.24. The Morgan fingerprint density at radius 1 is 0.800 bits per heavy atom. The molecule has 1 heteroatoms. The van der Waals surface area contributed by atoms with Crippen molar-refractivity contribution in [3.8, 4) is 5.69 Å². The third-order valence-corrected chi connectivity index (χ3v) is 2.88. The van der Waals surface area contributed by atoms with Gasteiger partial charge in [-0.1, -0.05) is 12.1 Å². The zero-order valence-corrected chi connectivity index (χ0v) is 9.83. The molecule has 78 valence electrons. The lowest BCUT2D eigenvalue weighted by Gasteiger charge is -2.13. The van der Waals surface area contributed by atoms with Crippen molar-refractivity contribution >= 4 is 0 Å². The van der Waals surface area contributed by atoms with E-state index in [1.807, 2.05) is 0 Å². The summed E-state index contributed by atoms with van der Waals surface area (Å²) >= 11 is 0. The van der Waals surface area contributed by atoms with Crippen LogP contribution >= 0.6 is 0 Å². The van der Waals surface area contributed by atoms with Gasteiger partial charge in [0.15, 0.2) is 0 Å². The Labute approximate surface area is 91.4 Å². The van der Waals surface area contributed by atoms with Gasteiger partial charge in [-0.3, -0.25) is 0 Å². The van der Waals surface area contributed by atoms with Gasteiger partial charge >= 0.3 is 0 Å². The molecule has 1 nitrogen and oxygen atoms in total. The molecule has 2 aromatic rings. The molecule has 1 aromatic heterocycles. The van der Waals surface area contributed by atoms with Gasteiger partial charge in [-0.2, -0.15) is 0 Å². The van der Waals surface area contributed by atoms with Crippen molar-refractivity contribution in [3.63, 3.8) is 0 Å². The first-order valence-corrected chi connectivity index (χ1v) is 5.32. The minimum atomic E-state index is 1.29. The largest absolute Gasteiger partial charge is 0.318 e. The van der Waals surface area contributed by atoms with E-state index in [4.69, 9.17) is 0 Å². The van der Waals surface area contributed by atoms with Gasteiger partial charge in [0.2, 0.25) is 0 Å². The van der Waals surface area contributed by atoms with E-state index in [9.17, 15) is 0 Å². The molecule has 15 heavy (non-hydrogen) atoms. The second kappa shape index (κ2) is 3.58. The van der Waals surface area contributed by atoms with E-state index in [0.717, 1.165) is 0 Å². The molecule has 0 aliphatic rings. The normalized spacial score (nSPS) is 10.7. The van der Waals surface area contributed by atoms with E-state index < -0.39 is 0 Å². The minimum absolute atomic E-state index is 1.29. The van der Waals surface area contributed by atoms with Crippen LogP contribution in [0.25, 0.3) is 5.69 Å². The Kier molecular flexibility index (Phi) is 2.39. The van der Waals surface area contributed by atoms with Gasteiger partial charge in [-0.15, -0.1) is 0 Å². The molecule has 0 amide bonds. The number of rotatable bonds is 1. The molecule has 0 spiro atoms. The molecular formula is C14H17N. The van der Waals surface area contributed by atoms with Crippen molar-refractivity contribution < 1.29 is 0 Å². The Hall–Kier alpha value is -1.50. The first-order valence-electron chi connectivity index (χ1n) is 5.32. The van der Waals surface area contributed by atoms with Crippen LogP contribution in [0, 0.1) is 27.7 Å². The van der Waals surface area contributed by atoms with E-state index in [2.05, 4.69) is 62.6 Å². The van der Waals surface area contributed by atoms with E-state index in [0.29, 0.717) is 0 Å². The fraction of sp³-hybridized carbons (Fsp3) is 0.286. The van der Waals surface area contributed by atoms with Crippen molar-refractivity contribution in [2.24, 2.45) is 0 Å². The van der Waals surface area contributed by atoms with E-state index >= 15 is 0 Å². The average Bonchev–Trinajstić information content (AvgIpc) is 2.51. The summed E-state index contributed by atoms with van der Waals surface area (Å²) in [6, 6.07) is 10.9.